The van der Waals surface area contributed by atoms with Crippen molar-refractivity contribution in [1.29, 1.82) is 0 Å². The number of amides is 1. The maximum Gasteiger partial charge on any atom is 0.264 e. The lowest BCUT2D eigenvalue weighted by Crippen LogP contribution is -2.27. The van der Waals surface area contributed by atoms with Crippen LogP contribution in [0.3, 0.4) is 0 Å². The number of aryl methyl sites for hydroxylation is 2. The molecule has 4 aromatic rings. The topological polar surface area (TPSA) is 99.6 Å². The number of hydrogen-bond donors (Lipinski definition) is 1. The van der Waals surface area contributed by atoms with Gasteiger partial charge in [0.25, 0.3) is 5.56 Å². The Labute approximate surface area is 164 Å². The fraction of sp³-hybridized carbons (Fsp3) is 0.167. The SMILES string of the molecule is Cn1ccnc1Sc1ccc(NC(=O)Cn2cnc3c(cnn3C)c2=O)cc1. The molecule has 0 fully saturated rings. The van der Waals surface area contributed by atoms with Gasteiger partial charge in [0, 0.05) is 37.1 Å². The molecule has 10 heteroatoms. The number of nitrogens with one attached hydrogen (secondary N) is 1. The largest absolute Gasteiger partial charge is 0.329 e. The summed E-state index contributed by atoms with van der Waals surface area (Å²) in [6.45, 7) is -0.125. The summed E-state index contributed by atoms with van der Waals surface area (Å²) in [5.74, 6) is -0.309. The number of rotatable bonds is 5. The van der Waals surface area contributed by atoms with Gasteiger partial charge in [-0.1, -0.05) is 11.8 Å². The Balaban J connectivity index is 1.43. The molecule has 1 N–H and O–H groups in total. The fourth-order valence-corrected chi connectivity index (χ4v) is 3.50. The van der Waals surface area contributed by atoms with Crippen molar-refractivity contribution in [3.63, 3.8) is 0 Å². The average Bonchev–Trinajstić information content (AvgIpc) is 3.25. The zero-order chi connectivity index (χ0) is 19.7. The number of fused-ring (bicyclic) bond motifs is 1. The summed E-state index contributed by atoms with van der Waals surface area (Å²) in [6.07, 6.45) is 6.45. The zero-order valence-corrected chi connectivity index (χ0v) is 16.1. The van der Waals surface area contributed by atoms with Gasteiger partial charge in [-0.25, -0.2) is 9.97 Å². The molecule has 1 aromatic carbocycles. The molecule has 9 nitrogen and oxygen atoms in total. The van der Waals surface area contributed by atoms with Crippen molar-refractivity contribution in [2.24, 2.45) is 14.1 Å². The van der Waals surface area contributed by atoms with Crippen molar-refractivity contribution < 1.29 is 4.79 Å². The van der Waals surface area contributed by atoms with Gasteiger partial charge in [-0.15, -0.1) is 0 Å². The number of carbonyl (C=O) groups excluding carboxylic acids is 1. The molecule has 0 aliphatic rings. The van der Waals surface area contributed by atoms with Crippen LogP contribution in [0.2, 0.25) is 0 Å². The van der Waals surface area contributed by atoms with E-state index in [1.54, 1.807) is 13.2 Å². The molecular formula is C18H17N7O2S. The van der Waals surface area contributed by atoms with Gasteiger partial charge in [0.15, 0.2) is 10.8 Å². The van der Waals surface area contributed by atoms with E-state index < -0.39 is 0 Å². The van der Waals surface area contributed by atoms with Crippen molar-refractivity contribution in [3.8, 4) is 0 Å². The molecule has 0 saturated carbocycles. The number of carbonyl (C=O) groups is 1. The molecule has 0 radical (unpaired) electrons. The first-order valence-corrected chi connectivity index (χ1v) is 9.25. The van der Waals surface area contributed by atoms with Crippen LogP contribution in [0.5, 0.6) is 0 Å². The predicted octanol–water partition coefficient (Wildman–Crippen LogP) is 1.65. The lowest BCUT2D eigenvalue weighted by molar-refractivity contribution is -0.116. The lowest BCUT2D eigenvalue weighted by atomic mass is 10.3. The molecule has 0 saturated heterocycles. The number of nitrogens with zero attached hydrogens (tertiary/aromatic N) is 6. The Morgan fingerprint density at radius 3 is 2.68 bits per heavy atom. The highest BCUT2D eigenvalue weighted by Gasteiger charge is 2.11. The number of aromatic nitrogens is 6. The van der Waals surface area contributed by atoms with Crippen molar-refractivity contribution in [1.82, 2.24) is 28.9 Å². The number of benzene rings is 1. The Morgan fingerprint density at radius 1 is 1.18 bits per heavy atom. The molecule has 1 amide bonds. The second-order valence-electron chi connectivity index (χ2n) is 6.18. The fourth-order valence-electron chi connectivity index (χ4n) is 2.70. The highest BCUT2D eigenvalue weighted by Crippen LogP contribution is 2.26. The van der Waals surface area contributed by atoms with E-state index in [2.05, 4.69) is 20.4 Å². The zero-order valence-electron chi connectivity index (χ0n) is 15.2. The Hall–Kier alpha value is -3.40. The summed E-state index contributed by atoms with van der Waals surface area (Å²) < 4.78 is 4.72. The van der Waals surface area contributed by atoms with Crippen molar-refractivity contribution in [2.45, 2.75) is 16.6 Å². The number of anilines is 1. The molecule has 0 aliphatic carbocycles. The van der Waals surface area contributed by atoms with Crippen LogP contribution in [-0.2, 0) is 25.4 Å². The van der Waals surface area contributed by atoms with Gasteiger partial charge in [-0.3, -0.25) is 18.8 Å². The van der Waals surface area contributed by atoms with Crippen LogP contribution in [-0.4, -0.2) is 34.8 Å². The van der Waals surface area contributed by atoms with E-state index in [1.165, 1.54) is 33.5 Å². The minimum Gasteiger partial charge on any atom is -0.329 e. The van der Waals surface area contributed by atoms with Crippen LogP contribution < -0.4 is 10.9 Å². The van der Waals surface area contributed by atoms with Crippen LogP contribution >= 0.6 is 11.8 Å². The minimum absolute atomic E-state index is 0.125. The molecule has 4 rings (SSSR count). The molecule has 3 aromatic heterocycles. The quantitative estimate of drug-likeness (QED) is 0.552. The molecular weight excluding hydrogens is 378 g/mol. The second kappa shape index (κ2) is 7.31. The van der Waals surface area contributed by atoms with Gasteiger partial charge < -0.3 is 9.88 Å². The van der Waals surface area contributed by atoms with Crippen LogP contribution in [0, 0.1) is 0 Å². The summed E-state index contributed by atoms with van der Waals surface area (Å²) >= 11 is 1.53. The van der Waals surface area contributed by atoms with Gasteiger partial charge in [-0.2, -0.15) is 5.10 Å². The van der Waals surface area contributed by atoms with Crippen molar-refractivity contribution in [2.75, 3.05) is 5.32 Å². The third kappa shape index (κ3) is 3.54. The van der Waals surface area contributed by atoms with E-state index in [4.69, 9.17) is 0 Å². The summed E-state index contributed by atoms with van der Waals surface area (Å²) in [5, 5.41) is 8.07. The average molecular weight is 395 g/mol. The molecule has 0 bridgehead atoms. The standard InChI is InChI=1S/C18H17N7O2S/c1-23-8-7-19-18(23)28-13-5-3-12(4-6-13)22-15(26)10-25-11-20-16-14(17(25)27)9-21-24(16)2/h3-9,11H,10H2,1-2H3,(H,22,26). The van der Waals surface area contributed by atoms with E-state index in [9.17, 15) is 9.59 Å². The summed E-state index contributed by atoms with van der Waals surface area (Å²) in [4.78, 5) is 34.2. The maximum atomic E-state index is 12.4. The third-order valence-electron chi connectivity index (χ3n) is 4.16. The Bertz CT molecular complexity index is 1210. The molecule has 0 aliphatic heterocycles. The molecule has 142 valence electrons. The molecule has 0 atom stereocenters. The van der Waals surface area contributed by atoms with Gasteiger partial charge >= 0.3 is 0 Å². The highest BCUT2D eigenvalue weighted by atomic mass is 32.2. The van der Waals surface area contributed by atoms with Crippen LogP contribution in [0.15, 0.2) is 64.0 Å². The molecule has 3 heterocycles. The molecule has 0 unspecified atom stereocenters. The smallest absolute Gasteiger partial charge is 0.264 e. The predicted molar refractivity (Wildman–Crippen MR) is 105 cm³/mol. The first kappa shape index (κ1) is 18.0. The highest BCUT2D eigenvalue weighted by molar-refractivity contribution is 7.99. The van der Waals surface area contributed by atoms with Gasteiger partial charge in [0.05, 0.1) is 6.20 Å². The first-order chi connectivity index (χ1) is 13.5. The summed E-state index contributed by atoms with van der Waals surface area (Å²) in [7, 11) is 3.64. The second-order valence-corrected chi connectivity index (χ2v) is 7.22. The van der Waals surface area contributed by atoms with Crippen molar-refractivity contribution in [3.05, 3.63) is 59.5 Å². The third-order valence-corrected chi connectivity index (χ3v) is 5.24. The van der Waals surface area contributed by atoms with Crippen LogP contribution in [0.1, 0.15) is 0 Å². The number of hydrogen-bond acceptors (Lipinski definition) is 6. The monoisotopic (exact) mass is 395 g/mol. The maximum absolute atomic E-state index is 12.4. The Kier molecular flexibility index (Phi) is 4.70. The van der Waals surface area contributed by atoms with Crippen LogP contribution in [0.25, 0.3) is 11.0 Å². The summed E-state index contributed by atoms with van der Waals surface area (Å²) in [5.41, 5.74) is 0.843. The van der Waals surface area contributed by atoms with E-state index >= 15 is 0 Å². The van der Waals surface area contributed by atoms with Crippen LogP contribution in [0.4, 0.5) is 5.69 Å². The van der Waals surface area contributed by atoms with E-state index in [1.807, 2.05) is 42.1 Å². The van der Waals surface area contributed by atoms with E-state index in [-0.39, 0.29) is 18.0 Å². The Morgan fingerprint density at radius 2 is 1.96 bits per heavy atom. The van der Waals surface area contributed by atoms with E-state index in [0.29, 0.717) is 16.7 Å². The van der Waals surface area contributed by atoms with E-state index in [0.717, 1.165) is 10.1 Å². The number of imidazole rings is 1. The molecule has 0 spiro atoms. The molecule has 28 heavy (non-hydrogen) atoms. The normalized spacial score (nSPS) is 11.1. The first-order valence-electron chi connectivity index (χ1n) is 8.43. The summed E-state index contributed by atoms with van der Waals surface area (Å²) in [6, 6.07) is 7.44. The van der Waals surface area contributed by atoms with Gasteiger partial charge in [0.2, 0.25) is 5.91 Å². The van der Waals surface area contributed by atoms with Gasteiger partial charge in [-0.05, 0) is 24.3 Å². The van der Waals surface area contributed by atoms with Gasteiger partial charge in [0.1, 0.15) is 18.3 Å². The lowest BCUT2D eigenvalue weighted by Gasteiger charge is -2.08. The minimum atomic E-state index is -0.309. The van der Waals surface area contributed by atoms with Crippen molar-refractivity contribution >= 4 is 34.4 Å².